The lowest BCUT2D eigenvalue weighted by molar-refractivity contribution is 1.29. The fraction of sp³-hybridized carbons (Fsp3) is 0.231. The fourth-order valence-corrected chi connectivity index (χ4v) is 1.36. The maximum Gasteiger partial charge on any atom is 0.215 e. The molecule has 0 radical (unpaired) electrons. The van der Waals surface area contributed by atoms with E-state index in [1.54, 1.807) is 25.4 Å². The molecule has 84 valence electrons. The summed E-state index contributed by atoms with van der Waals surface area (Å²) >= 11 is 0. The molecule has 0 aromatic carbocycles. The third kappa shape index (κ3) is 2.19. The van der Waals surface area contributed by atoms with Gasteiger partial charge in [0.1, 0.15) is 5.52 Å². The molecule has 2 rings (SSSR count). The molecule has 0 amide bonds. The van der Waals surface area contributed by atoms with Crippen molar-refractivity contribution in [2.45, 2.75) is 20.8 Å². The number of nitrogens with zero attached hydrogens (tertiary/aromatic N) is 1. The van der Waals surface area contributed by atoms with Crippen molar-refractivity contribution >= 4 is 16.6 Å². The van der Waals surface area contributed by atoms with E-state index in [1.807, 2.05) is 19.9 Å². The Morgan fingerprint density at radius 2 is 2.12 bits per heavy atom. The van der Waals surface area contributed by atoms with Gasteiger partial charge in [-0.25, -0.2) is 0 Å². The van der Waals surface area contributed by atoms with E-state index in [0.29, 0.717) is 11.1 Å². The van der Waals surface area contributed by atoms with Crippen LogP contribution >= 0.6 is 0 Å². The number of allylic oxidation sites excluding steroid dienone is 1. The molecule has 0 aliphatic carbocycles. The first-order valence-corrected chi connectivity index (χ1v) is 5.32. The van der Waals surface area contributed by atoms with E-state index >= 15 is 0 Å². The van der Waals surface area contributed by atoms with Crippen LogP contribution in [0.4, 0.5) is 0 Å². The number of nitrogens with one attached hydrogen (secondary N) is 1. The van der Waals surface area contributed by atoms with Gasteiger partial charge in [-0.15, -0.1) is 0 Å². The number of hydrogen-bond donors (Lipinski definition) is 1. The number of H-pyrrole nitrogens is 1. The van der Waals surface area contributed by atoms with E-state index in [2.05, 4.69) is 16.5 Å². The highest BCUT2D eigenvalue weighted by Crippen LogP contribution is 2.09. The molecule has 2 aromatic rings. The summed E-state index contributed by atoms with van der Waals surface area (Å²) in [4.78, 5) is 18.9. The number of rotatable bonds is 1. The Morgan fingerprint density at radius 3 is 2.75 bits per heavy atom. The van der Waals surface area contributed by atoms with Crippen LogP contribution in [0.5, 0.6) is 0 Å². The molecule has 3 nitrogen and oxygen atoms in total. The smallest absolute Gasteiger partial charge is 0.215 e. The highest BCUT2D eigenvalue weighted by atomic mass is 16.1. The van der Waals surface area contributed by atoms with Crippen LogP contribution in [0.2, 0.25) is 0 Å². The SMILES string of the molecule is C=C(C)c1c[nH]c2cccnc2c1=O.CC. The van der Waals surface area contributed by atoms with E-state index in [-0.39, 0.29) is 5.43 Å². The minimum Gasteiger partial charge on any atom is -0.359 e. The summed E-state index contributed by atoms with van der Waals surface area (Å²) in [6.07, 6.45) is 3.29. The molecule has 16 heavy (non-hydrogen) atoms. The van der Waals surface area contributed by atoms with E-state index in [9.17, 15) is 4.79 Å². The lowest BCUT2D eigenvalue weighted by atomic mass is 10.1. The first-order valence-electron chi connectivity index (χ1n) is 5.32. The molecular weight excluding hydrogens is 200 g/mol. The second-order valence-corrected chi connectivity index (χ2v) is 3.21. The molecule has 0 saturated carbocycles. The summed E-state index contributed by atoms with van der Waals surface area (Å²) in [6.45, 7) is 9.55. The molecule has 0 atom stereocenters. The quantitative estimate of drug-likeness (QED) is 0.796. The minimum absolute atomic E-state index is 0.0631. The summed E-state index contributed by atoms with van der Waals surface area (Å²) < 4.78 is 0. The van der Waals surface area contributed by atoms with Gasteiger partial charge in [0.2, 0.25) is 5.43 Å². The van der Waals surface area contributed by atoms with Gasteiger partial charge in [-0.3, -0.25) is 9.78 Å². The number of fused-ring (bicyclic) bond motifs is 1. The molecule has 3 heteroatoms. The van der Waals surface area contributed by atoms with E-state index in [1.165, 1.54) is 0 Å². The van der Waals surface area contributed by atoms with Gasteiger partial charge in [-0.2, -0.15) is 0 Å². The van der Waals surface area contributed by atoms with Gasteiger partial charge in [-0.05, 0) is 24.6 Å². The van der Waals surface area contributed by atoms with Gasteiger partial charge < -0.3 is 4.98 Å². The maximum absolute atomic E-state index is 11.8. The summed E-state index contributed by atoms with van der Waals surface area (Å²) in [5.41, 5.74) is 2.50. The molecule has 0 aliphatic rings. The Balaban J connectivity index is 0.000000606. The van der Waals surface area contributed by atoms with Crippen LogP contribution in [-0.2, 0) is 0 Å². The first-order chi connectivity index (χ1) is 7.70. The van der Waals surface area contributed by atoms with Crippen LogP contribution in [0.15, 0.2) is 35.9 Å². The molecule has 0 bridgehead atoms. The van der Waals surface area contributed by atoms with Gasteiger partial charge in [-0.1, -0.05) is 20.4 Å². The van der Waals surface area contributed by atoms with Crippen molar-refractivity contribution in [3.05, 3.63) is 46.9 Å². The van der Waals surface area contributed by atoms with Crippen LogP contribution in [0, 0.1) is 0 Å². The average molecular weight is 216 g/mol. The number of aromatic amines is 1. The van der Waals surface area contributed by atoms with Gasteiger partial charge in [0.25, 0.3) is 0 Å². The maximum atomic E-state index is 11.8. The topological polar surface area (TPSA) is 45.8 Å². The zero-order valence-electron chi connectivity index (χ0n) is 9.87. The van der Waals surface area contributed by atoms with Gasteiger partial charge >= 0.3 is 0 Å². The normalized spacial score (nSPS) is 9.44. The highest BCUT2D eigenvalue weighted by molar-refractivity contribution is 5.77. The van der Waals surface area contributed by atoms with Crippen molar-refractivity contribution in [3.63, 3.8) is 0 Å². The number of hydrogen-bond acceptors (Lipinski definition) is 2. The molecule has 0 aliphatic heterocycles. The summed E-state index contributed by atoms with van der Waals surface area (Å²) in [5.74, 6) is 0. The van der Waals surface area contributed by atoms with Crippen molar-refractivity contribution < 1.29 is 0 Å². The molecule has 1 N–H and O–H groups in total. The Morgan fingerprint density at radius 1 is 1.44 bits per heavy atom. The molecule has 2 aromatic heterocycles. The third-order valence-corrected chi connectivity index (χ3v) is 2.10. The predicted octanol–water partition coefficient (Wildman–Crippen LogP) is 2.98. The molecular formula is C13H16N2O. The van der Waals surface area contributed by atoms with Crippen LogP contribution in [0.25, 0.3) is 16.6 Å². The lowest BCUT2D eigenvalue weighted by Gasteiger charge is -2.00. The Bertz CT molecular complexity index is 555. The average Bonchev–Trinajstić information content (AvgIpc) is 2.32. The minimum atomic E-state index is -0.0631. The highest BCUT2D eigenvalue weighted by Gasteiger charge is 2.05. The van der Waals surface area contributed by atoms with Crippen LogP contribution in [-0.4, -0.2) is 9.97 Å². The van der Waals surface area contributed by atoms with Crippen LogP contribution in [0.3, 0.4) is 0 Å². The standard InChI is InChI=1S/C11H10N2O.C2H6/c1-7(2)8-6-13-9-4-3-5-12-10(9)11(8)14;1-2/h3-6H,1H2,2H3,(H,13,14);1-2H3. The number of aromatic nitrogens is 2. The summed E-state index contributed by atoms with van der Waals surface area (Å²) in [6, 6.07) is 3.62. The van der Waals surface area contributed by atoms with E-state index in [4.69, 9.17) is 0 Å². The molecule has 0 unspecified atom stereocenters. The fourth-order valence-electron chi connectivity index (χ4n) is 1.36. The van der Waals surface area contributed by atoms with Crippen molar-refractivity contribution in [2.24, 2.45) is 0 Å². The summed E-state index contributed by atoms with van der Waals surface area (Å²) in [7, 11) is 0. The Labute approximate surface area is 94.9 Å². The molecule has 0 saturated heterocycles. The number of pyridine rings is 2. The second kappa shape index (κ2) is 5.26. The largest absolute Gasteiger partial charge is 0.359 e. The predicted molar refractivity (Wildman–Crippen MR) is 68.4 cm³/mol. The monoisotopic (exact) mass is 216 g/mol. The van der Waals surface area contributed by atoms with E-state index < -0.39 is 0 Å². The van der Waals surface area contributed by atoms with Crippen molar-refractivity contribution in [1.82, 2.24) is 9.97 Å². The van der Waals surface area contributed by atoms with Crippen LogP contribution in [0.1, 0.15) is 26.3 Å². The molecule has 0 spiro atoms. The second-order valence-electron chi connectivity index (χ2n) is 3.21. The molecule has 2 heterocycles. The van der Waals surface area contributed by atoms with Gasteiger partial charge in [0, 0.05) is 18.0 Å². The van der Waals surface area contributed by atoms with Crippen molar-refractivity contribution in [3.8, 4) is 0 Å². The Kier molecular flexibility index (Phi) is 4.00. The van der Waals surface area contributed by atoms with Gasteiger partial charge in [0.05, 0.1) is 5.52 Å². The Hall–Kier alpha value is -1.90. The summed E-state index contributed by atoms with van der Waals surface area (Å²) in [5, 5.41) is 0. The third-order valence-electron chi connectivity index (χ3n) is 2.10. The zero-order chi connectivity index (χ0) is 12.1. The zero-order valence-corrected chi connectivity index (χ0v) is 9.87. The van der Waals surface area contributed by atoms with Crippen molar-refractivity contribution in [2.75, 3.05) is 0 Å². The van der Waals surface area contributed by atoms with Crippen molar-refractivity contribution in [1.29, 1.82) is 0 Å². The lowest BCUT2D eigenvalue weighted by Crippen LogP contribution is -2.09. The first kappa shape index (κ1) is 12.2. The van der Waals surface area contributed by atoms with Crippen LogP contribution < -0.4 is 5.43 Å². The van der Waals surface area contributed by atoms with E-state index in [0.717, 1.165) is 11.1 Å². The molecule has 0 fully saturated rings. The van der Waals surface area contributed by atoms with Gasteiger partial charge in [0.15, 0.2) is 0 Å².